The maximum Gasteiger partial charge on any atom is 0.144 e. The lowest BCUT2D eigenvalue weighted by atomic mass is 9.87. The quantitative estimate of drug-likeness (QED) is 0.261. The van der Waals surface area contributed by atoms with E-state index in [2.05, 4.69) is 24.2 Å². The largest absolute Gasteiger partial charge is 0.494 e. The maximum atomic E-state index is 8.69. The predicted molar refractivity (Wildman–Crippen MR) is 77.7 cm³/mol. The van der Waals surface area contributed by atoms with Crippen LogP contribution in [0.4, 0.5) is 0 Å². The average Bonchev–Trinajstić information content (AvgIpc) is 2.43. The molecule has 0 spiro atoms. The highest BCUT2D eigenvalue weighted by Crippen LogP contribution is 2.23. The first-order valence-corrected chi connectivity index (χ1v) is 6.69. The highest BCUT2D eigenvalue weighted by molar-refractivity contribution is 5.85. The summed E-state index contributed by atoms with van der Waals surface area (Å²) in [5.41, 5.74) is 6.61. The van der Waals surface area contributed by atoms with Crippen LogP contribution < -0.4 is 10.5 Å². The number of ether oxygens (including phenoxy) is 1. The lowest BCUT2D eigenvalue weighted by Crippen LogP contribution is -2.32. The minimum absolute atomic E-state index is 0.264. The number of rotatable bonds is 7. The van der Waals surface area contributed by atoms with E-state index in [0.29, 0.717) is 6.61 Å². The van der Waals surface area contributed by atoms with Gasteiger partial charge in [0.15, 0.2) is 0 Å². The molecule has 0 amide bonds. The van der Waals surface area contributed by atoms with Crippen molar-refractivity contribution < 1.29 is 9.94 Å². The summed E-state index contributed by atoms with van der Waals surface area (Å²) in [5.74, 6) is 1.17. The summed E-state index contributed by atoms with van der Waals surface area (Å²) in [6.07, 6.45) is 2.68. The molecule has 4 nitrogen and oxygen atoms in total. The molecule has 0 saturated carbocycles. The monoisotopic (exact) mass is 264 g/mol. The Morgan fingerprint density at radius 2 is 2.16 bits per heavy atom. The van der Waals surface area contributed by atoms with Crippen LogP contribution in [0, 0.1) is 5.41 Å². The van der Waals surface area contributed by atoms with Crippen molar-refractivity contribution in [2.24, 2.45) is 16.3 Å². The molecule has 0 aliphatic rings. The van der Waals surface area contributed by atoms with E-state index in [1.54, 1.807) is 0 Å². The smallest absolute Gasteiger partial charge is 0.144 e. The van der Waals surface area contributed by atoms with Gasteiger partial charge >= 0.3 is 0 Å². The number of hydrogen-bond acceptors (Lipinski definition) is 3. The summed E-state index contributed by atoms with van der Waals surface area (Å²) in [4.78, 5) is 0. The first-order valence-electron chi connectivity index (χ1n) is 6.69. The molecule has 0 saturated heterocycles. The molecule has 0 fully saturated rings. The van der Waals surface area contributed by atoms with Crippen LogP contribution in [0.25, 0.3) is 0 Å². The Morgan fingerprint density at radius 1 is 1.42 bits per heavy atom. The van der Waals surface area contributed by atoms with Crippen LogP contribution in [-0.4, -0.2) is 17.6 Å². The fraction of sp³-hybridized carbons (Fsp3) is 0.533. The molecular weight excluding hydrogens is 240 g/mol. The zero-order valence-electron chi connectivity index (χ0n) is 12.0. The van der Waals surface area contributed by atoms with Gasteiger partial charge in [-0.15, -0.1) is 0 Å². The standard InChI is InChI=1S/C15H24N2O2/c1-4-12-7-5-8-13(11-12)19-10-6-9-15(2,3)14(16)17-18/h5,7-8,11,18H,4,6,9-10H2,1-3H3,(H2,16,17). The van der Waals surface area contributed by atoms with E-state index >= 15 is 0 Å². The van der Waals surface area contributed by atoms with E-state index in [9.17, 15) is 0 Å². The molecule has 0 aliphatic heterocycles. The first kappa shape index (κ1) is 15.3. The Morgan fingerprint density at radius 3 is 2.79 bits per heavy atom. The van der Waals surface area contributed by atoms with Crippen molar-refractivity contribution in [2.45, 2.75) is 40.0 Å². The lowest BCUT2D eigenvalue weighted by Gasteiger charge is -2.22. The molecule has 0 radical (unpaired) electrons. The number of aryl methyl sites for hydroxylation is 1. The molecule has 106 valence electrons. The summed E-state index contributed by atoms with van der Waals surface area (Å²) in [5, 5.41) is 11.8. The van der Waals surface area contributed by atoms with Gasteiger partial charge in [-0.3, -0.25) is 0 Å². The van der Waals surface area contributed by atoms with Crippen LogP contribution in [0.3, 0.4) is 0 Å². The van der Waals surface area contributed by atoms with Gasteiger partial charge in [0.05, 0.1) is 6.61 Å². The molecule has 1 rings (SSSR count). The van der Waals surface area contributed by atoms with Crippen LogP contribution in [0.15, 0.2) is 29.4 Å². The van der Waals surface area contributed by atoms with Crippen molar-refractivity contribution in [3.05, 3.63) is 29.8 Å². The third kappa shape index (κ3) is 4.81. The number of nitrogens with two attached hydrogens (primary N) is 1. The minimum Gasteiger partial charge on any atom is -0.494 e. The van der Waals surface area contributed by atoms with Crippen molar-refractivity contribution in [1.29, 1.82) is 0 Å². The first-order chi connectivity index (χ1) is 8.99. The molecule has 19 heavy (non-hydrogen) atoms. The van der Waals surface area contributed by atoms with E-state index in [4.69, 9.17) is 15.7 Å². The lowest BCUT2D eigenvalue weighted by molar-refractivity contribution is 0.277. The Hall–Kier alpha value is -1.71. The summed E-state index contributed by atoms with van der Waals surface area (Å²) in [6.45, 7) is 6.67. The molecule has 0 bridgehead atoms. The highest BCUT2D eigenvalue weighted by atomic mass is 16.5. The van der Waals surface area contributed by atoms with Crippen LogP contribution in [0.5, 0.6) is 5.75 Å². The summed E-state index contributed by atoms with van der Waals surface area (Å²) < 4.78 is 5.71. The predicted octanol–water partition coefficient (Wildman–Crippen LogP) is 3.18. The molecule has 0 unspecified atom stereocenters. The second kappa shape index (κ2) is 7.02. The van der Waals surface area contributed by atoms with Crippen LogP contribution in [-0.2, 0) is 6.42 Å². The number of hydrogen-bond donors (Lipinski definition) is 2. The van der Waals surface area contributed by atoms with Gasteiger partial charge < -0.3 is 15.7 Å². The van der Waals surface area contributed by atoms with Gasteiger partial charge in [0.1, 0.15) is 11.6 Å². The third-order valence-corrected chi connectivity index (χ3v) is 3.32. The van der Waals surface area contributed by atoms with Crippen LogP contribution in [0.2, 0.25) is 0 Å². The molecule has 4 heteroatoms. The van der Waals surface area contributed by atoms with Gasteiger partial charge in [0, 0.05) is 5.41 Å². The molecule has 1 aromatic rings. The van der Waals surface area contributed by atoms with Gasteiger partial charge in [-0.05, 0) is 37.0 Å². The van der Waals surface area contributed by atoms with Gasteiger partial charge in [0.25, 0.3) is 0 Å². The van der Waals surface area contributed by atoms with Crippen molar-refractivity contribution in [2.75, 3.05) is 6.61 Å². The van der Waals surface area contributed by atoms with Gasteiger partial charge in [-0.1, -0.05) is 38.1 Å². The van der Waals surface area contributed by atoms with Crippen LogP contribution in [0.1, 0.15) is 39.2 Å². The highest BCUT2D eigenvalue weighted by Gasteiger charge is 2.22. The number of oxime groups is 1. The maximum absolute atomic E-state index is 8.69. The van der Waals surface area contributed by atoms with Crippen LogP contribution >= 0.6 is 0 Å². The van der Waals surface area contributed by atoms with E-state index in [-0.39, 0.29) is 11.3 Å². The van der Waals surface area contributed by atoms with E-state index in [0.717, 1.165) is 25.0 Å². The molecule has 1 aromatic carbocycles. The van der Waals surface area contributed by atoms with Crippen molar-refractivity contribution >= 4 is 5.84 Å². The molecule has 0 aliphatic carbocycles. The number of benzene rings is 1. The van der Waals surface area contributed by atoms with E-state index < -0.39 is 0 Å². The molecule has 0 heterocycles. The zero-order chi connectivity index (χ0) is 14.3. The Labute approximate surface area is 115 Å². The van der Waals surface area contributed by atoms with E-state index in [1.165, 1.54) is 5.56 Å². The Kier molecular flexibility index (Phi) is 5.67. The minimum atomic E-state index is -0.302. The fourth-order valence-electron chi connectivity index (χ4n) is 1.82. The van der Waals surface area contributed by atoms with E-state index in [1.807, 2.05) is 26.0 Å². The summed E-state index contributed by atoms with van der Waals surface area (Å²) in [6, 6.07) is 8.13. The molecule has 0 atom stereocenters. The van der Waals surface area contributed by atoms with Crippen molar-refractivity contribution in [3.8, 4) is 5.75 Å². The average molecular weight is 264 g/mol. The van der Waals surface area contributed by atoms with Gasteiger partial charge in [-0.25, -0.2) is 0 Å². The topological polar surface area (TPSA) is 67.8 Å². The summed E-state index contributed by atoms with van der Waals surface area (Å²) in [7, 11) is 0. The number of nitrogens with zero attached hydrogens (tertiary/aromatic N) is 1. The normalized spacial score (nSPS) is 12.5. The fourth-order valence-corrected chi connectivity index (χ4v) is 1.82. The Bertz CT molecular complexity index is 428. The van der Waals surface area contributed by atoms with Gasteiger partial charge in [0.2, 0.25) is 0 Å². The molecule has 3 N–H and O–H groups in total. The van der Waals surface area contributed by atoms with Crippen molar-refractivity contribution in [3.63, 3.8) is 0 Å². The second-order valence-electron chi connectivity index (χ2n) is 5.32. The summed E-state index contributed by atoms with van der Waals surface area (Å²) >= 11 is 0. The third-order valence-electron chi connectivity index (χ3n) is 3.32. The molecular formula is C15H24N2O2. The second-order valence-corrected chi connectivity index (χ2v) is 5.32. The number of amidine groups is 1. The molecule has 0 aromatic heterocycles. The Balaban J connectivity index is 2.38. The SMILES string of the molecule is CCc1cccc(OCCCC(C)(C)C(N)=NO)c1. The van der Waals surface area contributed by atoms with Crippen molar-refractivity contribution in [1.82, 2.24) is 0 Å². The zero-order valence-corrected chi connectivity index (χ0v) is 12.0. The van der Waals surface area contributed by atoms with Gasteiger partial charge in [-0.2, -0.15) is 0 Å².